The van der Waals surface area contributed by atoms with Gasteiger partial charge < -0.3 is 9.47 Å². The number of aromatic nitrogens is 1. The van der Waals surface area contributed by atoms with Crippen molar-refractivity contribution in [3.63, 3.8) is 0 Å². The van der Waals surface area contributed by atoms with E-state index in [4.69, 9.17) is 9.47 Å². The SMILES string of the molecule is COC(=O)c1cc2ccc(Br)cc2n1C(=O)OCc1ccccc1. The van der Waals surface area contributed by atoms with E-state index in [1.54, 1.807) is 12.1 Å². The van der Waals surface area contributed by atoms with Crippen LogP contribution in [0.1, 0.15) is 16.1 Å². The van der Waals surface area contributed by atoms with Gasteiger partial charge in [0.05, 0.1) is 12.6 Å². The molecule has 0 saturated heterocycles. The van der Waals surface area contributed by atoms with E-state index >= 15 is 0 Å². The van der Waals surface area contributed by atoms with Gasteiger partial charge in [-0.1, -0.05) is 52.3 Å². The molecule has 5 nitrogen and oxygen atoms in total. The summed E-state index contributed by atoms with van der Waals surface area (Å²) in [5.74, 6) is -0.598. The van der Waals surface area contributed by atoms with Crippen molar-refractivity contribution in [1.82, 2.24) is 4.57 Å². The van der Waals surface area contributed by atoms with Crippen molar-refractivity contribution in [2.75, 3.05) is 7.11 Å². The highest BCUT2D eigenvalue weighted by atomic mass is 79.9. The first-order valence-corrected chi connectivity index (χ1v) is 8.00. The van der Waals surface area contributed by atoms with Crippen molar-refractivity contribution in [3.05, 3.63) is 70.3 Å². The molecule has 0 saturated carbocycles. The van der Waals surface area contributed by atoms with Crippen LogP contribution in [0.25, 0.3) is 10.9 Å². The van der Waals surface area contributed by atoms with Crippen LogP contribution in [0.3, 0.4) is 0 Å². The Labute approximate surface area is 146 Å². The van der Waals surface area contributed by atoms with Crippen LogP contribution in [0.4, 0.5) is 4.79 Å². The van der Waals surface area contributed by atoms with Crippen LogP contribution in [-0.4, -0.2) is 23.7 Å². The Balaban J connectivity index is 1.98. The van der Waals surface area contributed by atoms with Gasteiger partial charge in [-0.25, -0.2) is 14.2 Å². The number of carbonyl (C=O) groups excluding carboxylic acids is 2. The molecule has 0 radical (unpaired) electrons. The highest BCUT2D eigenvalue weighted by Gasteiger charge is 2.22. The third-order valence-electron chi connectivity index (χ3n) is 3.55. The lowest BCUT2D eigenvalue weighted by Gasteiger charge is -2.09. The number of methoxy groups -OCH3 is 1. The molecule has 3 aromatic rings. The van der Waals surface area contributed by atoms with Gasteiger partial charge in [-0.15, -0.1) is 0 Å². The maximum atomic E-state index is 12.6. The van der Waals surface area contributed by atoms with Crippen molar-refractivity contribution in [2.45, 2.75) is 6.61 Å². The molecule has 0 N–H and O–H groups in total. The Bertz CT molecular complexity index is 902. The largest absolute Gasteiger partial charge is 0.464 e. The average Bonchev–Trinajstić information content (AvgIpc) is 2.98. The summed E-state index contributed by atoms with van der Waals surface area (Å²) in [4.78, 5) is 24.6. The summed E-state index contributed by atoms with van der Waals surface area (Å²) in [5.41, 5.74) is 1.56. The van der Waals surface area contributed by atoms with Crippen molar-refractivity contribution < 1.29 is 19.1 Å². The van der Waals surface area contributed by atoms with Crippen LogP contribution in [-0.2, 0) is 16.1 Å². The van der Waals surface area contributed by atoms with Gasteiger partial charge in [-0.2, -0.15) is 0 Å². The number of rotatable bonds is 3. The molecular formula is C18H14BrNO4. The van der Waals surface area contributed by atoms with Gasteiger partial charge in [0, 0.05) is 9.86 Å². The number of hydrogen-bond acceptors (Lipinski definition) is 4. The van der Waals surface area contributed by atoms with Gasteiger partial charge in [0.25, 0.3) is 0 Å². The molecule has 24 heavy (non-hydrogen) atoms. The number of benzene rings is 2. The van der Waals surface area contributed by atoms with Gasteiger partial charge in [0.2, 0.25) is 0 Å². The summed E-state index contributed by atoms with van der Waals surface area (Å²) in [6, 6.07) is 16.4. The van der Waals surface area contributed by atoms with Crippen molar-refractivity contribution >= 4 is 38.9 Å². The molecule has 6 heteroatoms. The molecule has 0 unspecified atom stereocenters. The predicted octanol–water partition coefficient (Wildman–Crippen LogP) is 4.38. The predicted molar refractivity (Wildman–Crippen MR) is 93.0 cm³/mol. The highest BCUT2D eigenvalue weighted by Crippen LogP contribution is 2.25. The van der Waals surface area contributed by atoms with Gasteiger partial charge >= 0.3 is 12.1 Å². The molecule has 0 amide bonds. The number of halogens is 1. The third-order valence-corrected chi connectivity index (χ3v) is 4.04. The smallest absolute Gasteiger partial charge is 0.419 e. The fourth-order valence-electron chi connectivity index (χ4n) is 2.41. The van der Waals surface area contributed by atoms with Gasteiger partial charge in [0.15, 0.2) is 0 Å². The van der Waals surface area contributed by atoms with Gasteiger partial charge in [-0.3, -0.25) is 0 Å². The molecule has 1 aromatic heterocycles. The summed E-state index contributed by atoms with van der Waals surface area (Å²) in [7, 11) is 1.27. The highest BCUT2D eigenvalue weighted by molar-refractivity contribution is 9.10. The van der Waals surface area contributed by atoms with E-state index < -0.39 is 12.1 Å². The van der Waals surface area contributed by atoms with E-state index in [1.807, 2.05) is 42.5 Å². The molecule has 2 aromatic carbocycles. The van der Waals surface area contributed by atoms with Crippen LogP contribution >= 0.6 is 15.9 Å². The van der Waals surface area contributed by atoms with E-state index in [0.29, 0.717) is 5.52 Å². The quantitative estimate of drug-likeness (QED) is 0.625. The van der Waals surface area contributed by atoms with E-state index in [1.165, 1.54) is 11.7 Å². The number of esters is 1. The maximum absolute atomic E-state index is 12.6. The lowest BCUT2D eigenvalue weighted by Crippen LogP contribution is -2.19. The number of hydrogen-bond donors (Lipinski definition) is 0. The van der Waals surface area contributed by atoms with E-state index in [2.05, 4.69) is 15.9 Å². The fourth-order valence-corrected chi connectivity index (χ4v) is 2.76. The number of carbonyl (C=O) groups is 2. The lowest BCUT2D eigenvalue weighted by atomic mass is 10.2. The number of ether oxygens (including phenoxy) is 2. The topological polar surface area (TPSA) is 57.5 Å². The molecule has 1 heterocycles. The average molecular weight is 388 g/mol. The molecule has 0 atom stereocenters. The first kappa shape index (κ1) is 16.3. The molecule has 0 aliphatic heterocycles. The number of fused-ring (bicyclic) bond motifs is 1. The minimum Gasteiger partial charge on any atom is -0.464 e. The van der Waals surface area contributed by atoms with Crippen LogP contribution in [0.15, 0.2) is 59.1 Å². The molecule has 0 aliphatic carbocycles. The minimum absolute atomic E-state index is 0.119. The van der Waals surface area contributed by atoms with E-state index in [9.17, 15) is 9.59 Å². The molecular weight excluding hydrogens is 374 g/mol. The lowest BCUT2D eigenvalue weighted by molar-refractivity contribution is 0.0585. The first-order chi connectivity index (χ1) is 11.6. The Hall–Kier alpha value is -2.60. The summed E-state index contributed by atoms with van der Waals surface area (Å²) in [5, 5.41) is 0.746. The first-order valence-electron chi connectivity index (χ1n) is 7.20. The summed E-state index contributed by atoms with van der Waals surface area (Å²) in [6.45, 7) is 0.119. The van der Waals surface area contributed by atoms with Crippen molar-refractivity contribution in [1.29, 1.82) is 0 Å². The summed E-state index contributed by atoms with van der Waals surface area (Å²) < 4.78 is 12.2. The second-order valence-electron chi connectivity index (χ2n) is 5.10. The molecule has 0 fully saturated rings. The summed E-state index contributed by atoms with van der Waals surface area (Å²) >= 11 is 3.37. The monoisotopic (exact) mass is 387 g/mol. The molecule has 0 spiro atoms. The Morgan fingerprint density at radius 1 is 1.08 bits per heavy atom. The van der Waals surface area contributed by atoms with Gasteiger partial charge in [0.1, 0.15) is 12.3 Å². The number of nitrogens with zero attached hydrogens (tertiary/aromatic N) is 1. The normalized spacial score (nSPS) is 10.6. The fraction of sp³-hybridized carbons (Fsp3) is 0.111. The molecule has 3 rings (SSSR count). The van der Waals surface area contributed by atoms with E-state index in [0.717, 1.165) is 15.4 Å². The zero-order chi connectivity index (χ0) is 17.1. The van der Waals surface area contributed by atoms with Crippen molar-refractivity contribution in [3.8, 4) is 0 Å². The Morgan fingerprint density at radius 2 is 1.83 bits per heavy atom. The zero-order valence-corrected chi connectivity index (χ0v) is 14.4. The second kappa shape index (κ2) is 6.88. The molecule has 122 valence electrons. The van der Waals surface area contributed by atoms with Crippen LogP contribution in [0.2, 0.25) is 0 Å². The van der Waals surface area contributed by atoms with Crippen molar-refractivity contribution in [2.24, 2.45) is 0 Å². The zero-order valence-electron chi connectivity index (χ0n) is 12.9. The minimum atomic E-state index is -0.632. The third kappa shape index (κ3) is 3.19. The Morgan fingerprint density at radius 3 is 2.54 bits per heavy atom. The molecule has 0 aliphatic rings. The van der Waals surface area contributed by atoms with Crippen LogP contribution in [0.5, 0.6) is 0 Å². The Kier molecular flexibility index (Phi) is 4.66. The van der Waals surface area contributed by atoms with Crippen LogP contribution < -0.4 is 0 Å². The maximum Gasteiger partial charge on any atom is 0.419 e. The molecule has 0 bridgehead atoms. The van der Waals surface area contributed by atoms with Gasteiger partial charge in [-0.05, 0) is 23.8 Å². The second-order valence-corrected chi connectivity index (χ2v) is 6.02. The van der Waals surface area contributed by atoms with E-state index in [-0.39, 0.29) is 12.3 Å². The summed E-state index contributed by atoms with van der Waals surface area (Å²) in [6.07, 6.45) is -0.632. The van der Waals surface area contributed by atoms with Crippen LogP contribution in [0, 0.1) is 0 Å². The standard InChI is InChI=1S/C18H14BrNO4/c1-23-17(21)16-9-13-7-8-14(19)10-15(13)20(16)18(22)24-11-12-5-3-2-4-6-12/h2-10H,11H2,1H3.